The van der Waals surface area contributed by atoms with Gasteiger partial charge in [0.1, 0.15) is 18.2 Å². The van der Waals surface area contributed by atoms with E-state index in [1.54, 1.807) is 13.8 Å². The molecular weight excluding hydrogens is 490 g/mol. The zero-order valence-electron chi connectivity index (χ0n) is 21.4. The van der Waals surface area contributed by atoms with E-state index in [1.807, 2.05) is 6.92 Å². The maximum atomic E-state index is 13.4. The number of imidazole rings is 1. The van der Waals surface area contributed by atoms with Gasteiger partial charge in [0, 0.05) is 27.7 Å². The monoisotopic (exact) mass is 523 g/mol. The Balaban J connectivity index is 2.14. The number of benzene rings is 1. The van der Waals surface area contributed by atoms with Gasteiger partial charge in [-0.2, -0.15) is 4.31 Å². The van der Waals surface area contributed by atoms with Gasteiger partial charge < -0.3 is 24.3 Å². The summed E-state index contributed by atoms with van der Waals surface area (Å²) in [6.07, 6.45) is 1.43. The van der Waals surface area contributed by atoms with Crippen molar-refractivity contribution in [2.24, 2.45) is 0 Å². The fraction of sp³-hybridized carbons (Fsp3) is 0.522. The zero-order valence-corrected chi connectivity index (χ0v) is 22.2. The number of H-pyrrole nitrogens is 1. The van der Waals surface area contributed by atoms with Crippen molar-refractivity contribution in [3.8, 4) is 17.1 Å². The van der Waals surface area contributed by atoms with E-state index in [9.17, 15) is 18.3 Å². The maximum absolute atomic E-state index is 13.4. The standard InChI is InChI=1S/C23H33N5O7S/c1-7-9-19-24-15(3)20-22(29)25-21(26-28(19)20)17-12-16(10-11-18(17)35-8-2)36(31,32)27(4)13-23(30,34-6)14-33-5/h10-12,30H,7-9,13-14H2,1-6H3,(H,25,26,29)/t23-/m1/s1. The molecule has 0 saturated carbocycles. The molecular formula is C23H33N5O7S. The molecule has 0 bridgehead atoms. The number of nitrogens with zero attached hydrogens (tertiary/aromatic N) is 4. The van der Waals surface area contributed by atoms with E-state index in [2.05, 4.69) is 15.1 Å². The molecule has 0 unspecified atom stereocenters. The molecule has 1 aromatic carbocycles. The summed E-state index contributed by atoms with van der Waals surface area (Å²) in [4.78, 5) is 20.1. The van der Waals surface area contributed by atoms with Crippen LogP contribution < -0.4 is 10.3 Å². The summed E-state index contributed by atoms with van der Waals surface area (Å²) in [5, 5.41) is 15.1. The Labute approximate surface area is 209 Å². The molecule has 0 aliphatic rings. The van der Waals surface area contributed by atoms with E-state index in [-0.39, 0.29) is 29.4 Å². The topological polar surface area (TPSA) is 148 Å². The van der Waals surface area contributed by atoms with Crippen LogP contribution in [-0.4, -0.2) is 84.2 Å². The van der Waals surface area contributed by atoms with Crippen LogP contribution in [0, 0.1) is 6.92 Å². The van der Waals surface area contributed by atoms with E-state index in [4.69, 9.17) is 14.2 Å². The van der Waals surface area contributed by atoms with Crippen LogP contribution >= 0.6 is 0 Å². The molecule has 2 N–H and O–H groups in total. The molecule has 13 heteroatoms. The number of aromatic amines is 1. The van der Waals surface area contributed by atoms with E-state index >= 15 is 0 Å². The van der Waals surface area contributed by atoms with Crippen molar-refractivity contribution in [1.29, 1.82) is 0 Å². The Kier molecular flexibility index (Phi) is 8.52. The summed E-state index contributed by atoms with van der Waals surface area (Å²) < 4.78 is 44.9. The van der Waals surface area contributed by atoms with Crippen LogP contribution in [0.15, 0.2) is 27.9 Å². The average Bonchev–Trinajstić information content (AvgIpc) is 3.15. The molecule has 1 atom stereocenters. The second-order valence-corrected chi connectivity index (χ2v) is 10.4. The molecule has 0 aliphatic carbocycles. The van der Waals surface area contributed by atoms with Gasteiger partial charge in [0.25, 0.3) is 5.56 Å². The molecule has 3 rings (SSSR count). The Morgan fingerprint density at radius 3 is 2.58 bits per heavy atom. The number of sulfonamides is 1. The van der Waals surface area contributed by atoms with E-state index in [1.165, 1.54) is 44.0 Å². The number of hydrogen-bond acceptors (Lipinski definition) is 9. The van der Waals surface area contributed by atoms with Gasteiger partial charge in [0.15, 0.2) is 11.3 Å². The first-order chi connectivity index (χ1) is 17.0. The number of rotatable bonds is 12. The number of aromatic nitrogens is 4. The lowest BCUT2D eigenvalue weighted by Crippen LogP contribution is -2.48. The number of methoxy groups -OCH3 is 2. The molecule has 0 saturated heterocycles. The molecule has 0 fully saturated rings. The van der Waals surface area contributed by atoms with Gasteiger partial charge in [-0.3, -0.25) is 4.79 Å². The van der Waals surface area contributed by atoms with Gasteiger partial charge in [0.2, 0.25) is 15.8 Å². The summed E-state index contributed by atoms with van der Waals surface area (Å²) in [5.41, 5.74) is 0.784. The van der Waals surface area contributed by atoms with E-state index < -0.39 is 21.4 Å². The molecule has 198 valence electrons. The fourth-order valence-electron chi connectivity index (χ4n) is 3.89. The van der Waals surface area contributed by atoms with Crippen molar-refractivity contribution in [1.82, 2.24) is 23.9 Å². The molecule has 0 spiro atoms. The average molecular weight is 524 g/mol. The highest BCUT2D eigenvalue weighted by Crippen LogP contribution is 2.31. The SMILES string of the molecule is CCCc1nc(C)c2c(=O)[nH]c(-c3cc(S(=O)(=O)N(C)C[C@](O)(COC)OC)ccc3OCC)nn12. The van der Waals surface area contributed by atoms with Crippen LogP contribution in [0.25, 0.3) is 16.9 Å². The van der Waals surface area contributed by atoms with Crippen LogP contribution in [0.5, 0.6) is 5.75 Å². The lowest BCUT2D eigenvalue weighted by Gasteiger charge is -2.30. The Morgan fingerprint density at radius 2 is 1.97 bits per heavy atom. The number of likely N-dealkylation sites (N-methyl/N-ethyl adjacent to an activating group) is 1. The first kappa shape index (κ1) is 27.7. The van der Waals surface area contributed by atoms with Crippen molar-refractivity contribution in [3.63, 3.8) is 0 Å². The predicted octanol–water partition coefficient (Wildman–Crippen LogP) is 1.35. The highest BCUT2D eigenvalue weighted by molar-refractivity contribution is 7.89. The summed E-state index contributed by atoms with van der Waals surface area (Å²) >= 11 is 0. The molecule has 2 aromatic heterocycles. The first-order valence-corrected chi connectivity index (χ1v) is 12.9. The van der Waals surface area contributed by atoms with Crippen molar-refractivity contribution in [2.45, 2.75) is 44.3 Å². The van der Waals surface area contributed by atoms with Gasteiger partial charge in [-0.25, -0.2) is 17.9 Å². The number of nitrogens with one attached hydrogen (secondary N) is 1. The quantitative estimate of drug-likeness (QED) is 0.336. The second-order valence-electron chi connectivity index (χ2n) is 8.36. The molecule has 0 radical (unpaired) electrons. The maximum Gasteiger partial charge on any atom is 0.277 e. The molecule has 12 nitrogen and oxygen atoms in total. The Morgan fingerprint density at radius 1 is 1.25 bits per heavy atom. The zero-order chi connectivity index (χ0) is 26.7. The minimum Gasteiger partial charge on any atom is -0.493 e. The Bertz CT molecular complexity index is 1390. The summed E-state index contributed by atoms with van der Waals surface area (Å²) in [6.45, 7) is 5.24. The van der Waals surface area contributed by atoms with E-state index in [0.29, 0.717) is 35.8 Å². The fourth-order valence-corrected chi connectivity index (χ4v) is 5.12. The van der Waals surface area contributed by atoms with Crippen LogP contribution in [0.2, 0.25) is 0 Å². The number of ether oxygens (including phenoxy) is 3. The lowest BCUT2D eigenvalue weighted by molar-refractivity contribution is -0.215. The van der Waals surface area contributed by atoms with Crippen LogP contribution in [-0.2, 0) is 25.9 Å². The third-order valence-corrected chi connectivity index (χ3v) is 7.45. The smallest absolute Gasteiger partial charge is 0.277 e. The van der Waals surface area contributed by atoms with Crippen LogP contribution in [0.4, 0.5) is 0 Å². The van der Waals surface area contributed by atoms with Gasteiger partial charge in [-0.05, 0) is 38.5 Å². The van der Waals surface area contributed by atoms with Gasteiger partial charge in [-0.15, -0.1) is 5.10 Å². The summed E-state index contributed by atoms with van der Waals surface area (Å²) in [5.74, 6) is -0.713. The van der Waals surface area contributed by atoms with Crippen LogP contribution in [0.1, 0.15) is 31.8 Å². The lowest BCUT2D eigenvalue weighted by atomic mass is 10.2. The number of hydrogen-bond donors (Lipinski definition) is 2. The predicted molar refractivity (Wildman–Crippen MR) is 133 cm³/mol. The third kappa shape index (κ3) is 5.44. The van der Waals surface area contributed by atoms with Crippen molar-refractivity contribution >= 4 is 15.5 Å². The van der Waals surface area contributed by atoms with Gasteiger partial charge in [-0.1, -0.05) is 6.92 Å². The first-order valence-electron chi connectivity index (χ1n) is 11.5. The Hall–Kier alpha value is -2.84. The molecule has 36 heavy (non-hydrogen) atoms. The van der Waals surface area contributed by atoms with Crippen molar-refractivity contribution < 1.29 is 27.7 Å². The third-order valence-electron chi connectivity index (χ3n) is 5.65. The summed E-state index contributed by atoms with van der Waals surface area (Å²) in [6, 6.07) is 4.28. The normalized spacial score (nSPS) is 13.9. The van der Waals surface area contributed by atoms with Crippen molar-refractivity contribution in [3.05, 3.63) is 40.1 Å². The minimum atomic E-state index is -4.08. The molecule has 0 amide bonds. The largest absolute Gasteiger partial charge is 0.493 e. The molecule has 0 aliphatic heterocycles. The second kappa shape index (κ2) is 11.0. The summed E-state index contributed by atoms with van der Waals surface area (Å²) in [7, 11) is -0.131. The molecule has 3 aromatic rings. The highest BCUT2D eigenvalue weighted by Gasteiger charge is 2.34. The van der Waals surface area contributed by atoms with Crippen molar-refractivity contribution in [2.75, 3.05) is 41.0 Å². The van der Waals surface area contributed by atoms with Gasteiger partial charge in [0.05, 0.1) is 29.3 Å². The number of aliphatic hydroxyl groups is 1. The van der Waals surface area contributed by atoms with E-state index in [0.717, 1.165) is 10.7 Å². The number of fused-ring (bicyclic) bond motifs is 1. The minimum absolute atomic E-state index is 0.0855. The number of aryl methyl sites for hydroxylation is 2. The molecule has 2 heterocycles. The van der Waals surface area contributed by atoms with Crippen LogP contribution in [0.3, 0.4) is 0 Å². The highest BCUT2D eigenvalue weighted by atomic mass is 32.2. The van der Waals surface area contributed by atoms with Gasteiger partial charge >= 0.3 is 0 Å².